The van der Waals surface area contributed by atoms with Crippen molar-refractivity contribution in [2.45, 2.75) is 43.0 Å². The molecule has 2 aliphatic heterocycles. The van der Waals surface area contributed by atoms with Crippen molar-refractivity contribution >= 4 is 35.8 Å². The Morgan fingerprint density at radius 1 is 1.27 bits per heavy atom. The second-order valence-electron chi connectivity index (χ2n) is 6.43. The summed E-state index contributed by atoms with van der Waals surface area (Å²) >= 11 is 1.88. The lowest BCUT2D eigenvalue weighted by atomic mass is 9.74. The van der Waals surface area contributed by atoms with Gasteiger partial charge in [0.25, 0.3) is 0 Å². The second kappa shape index (κ2) is 6.40. The van der Waals surface area contributed by atoms with E-state index in [1.165, 1.54) is 12.8 Å². The summed E-state index contributed by atoms with van der Waals surface area (Å²) in [5, 5.41) is 0. The van der Waals surface area contributed by atoms with E-state index in [-0.39, 0.29) is 35.1 Å². The number of halogens is 1. The Balaban J connectivity index is 0.00000144. The first kappa shape index (κ1) is 16.1. The summed E-state index contributed by atoms with van der Waals surface area (Å²) in [6.07, 6.45) is 14.2. The van der Waals surface area contributed by atoms with E-state index < -0.39 is 0 Å². The van der Waals surface area contributed by atoms with Gasteiger partial charge in [0.15, 0.2) is 0 Å². The summed E-state index contributed by atoms with van der Waals surface area (Å²) in [5.41, 5.74) is 1.16. The number of carbonyl (C=O) groups excluding carboxylic acids is 1. The molecule has 3 nitrogen and oxygen atoms in total. The Hall–Kier alpha value is -0.740. The lowest BCUT2D eigenvalue weighted by Crippen LogP contribution is -2.45. The molecule has 0 N–H and O–H groups in total. The third-order valence-electron chi connectivity index (χ3n) is 5.26. The molecule has 0 aromatic carbocycles. The molecular formula is C17H22ClNO2S. The van der Waals surface area contributed by atoms with Crippen molar-refractivity contribution in [2.24, 2.45) is 16.8 Å². The van der Waals surface area contributed by atoms with Crippen molar-refractivity contribution in [1.29, 1.82) is 0 Å². The zero-order valence-electron chi connectivity index (χ0n) is 12.6. The summed E-state index contributed by atoms with van der Waals surface area (Å²) < 4.78 is 5.72. The van der Waals surface area contributed by atoms with Crippen LogP contribution in [-0.4, -0.2) is 34.8 Å². The summed E-state index contributed by atoms with van der Waals surface area (Å²) in [6.45, 7) is 0.841. The molecule has 3 unspecified atom stereocenters. The van der Waals surface area contributed by atoms with E-state index in [0.717, 1.165) is 37.3 Å². The quantitative estimate of drug-likeness (QED) is 0.722. The molecule has 0 bridgehead atoms. The van der Waals surface area contributed by atoms with Crippen LogP contribution in [-0.2, 0) is 9.53 Å². The minimum atomic E-state index is -0.0631. The highest BCUT2D eigenvalue weighted by molar-refractivity contribution is 8.02. The van der Waals surface area contributed by atoms with Gasteiger partial charge in [0.05, 0.1) is 16.4 Å². The average Bonchev–Trinajstić information content (AvgIpc) is 3.13. The molecule has 4 aliphatic rings. The lowest BCUT2D eigenvalue weighted by Gasteiger charge is -2.38. The predicted octanol–water partition coefficient (Wildman–Crippen LogP) is 3.58. The number of carbonyl (C=O) groups is 1. The average molecular weight is 340 g/mol. The van der Waals surface area contributed by atoms with Gasteiger partial charge in [-0.15, -0.1) is 24.2 Å². The fraction of sp³-hybridized carbons (Fsp3) is 0.647. The van der Waals surface area contributed by atoms with Crippen molar-refractivity contribution < 1.29 is 9.53 Å². The summed E-state index contributed by atoms with van der Waals surface area (Å²) in [5.74, 6) is 1.30. The van der Waals surface area contributed by atoms with Crippen LogP contribution < -0.4 is 0 Å². The minimum absolute atomic E-state index is 0. The molecule has 1 saturated carbocycles. The van der Waals surface area contributed by atoms with Crippen LogP contribution in [0.15, 0.2) is 29.3 Å². The van der Waals surface area contributed by atoms with Crippen LogP contribution in [0, 0.1) is 11.8 Å². The third kappa shape index (κ3) is 2.54. The minimum Gasteiger partial charge on any atom is -0.462 e. The van der Waals surface area contributed by atoms with Gasteiger partial charge >= 0.3 is 5.97 Å². The topological polar surface area (TPSA) is 38.7 Å². The Morgan fingerprint density at radius 2 is 2.09 bits per heavy atom. The van der Waals surface area contributed by atoms with Crippen LogP contribution in [0.1, 0.15) is 32.1 Å². The number of thioether (sulfide) groups is 1. The smallest absolute Gasteiger partial charge is 0.310 e. The fourth-order valence-corrected chi connectivity index (χ4v) is 5.93. The molecule has 2 fully saturated rings. The Kier molecular flexibility index (Phi) is 4.69. The van der Waals surface area contributed by atoms with Crippen LogP contribution in [0.2, 0.25) is 0 Å². The number of allylic oxidation sites excluding steroid dienone is 3. The van der Waals surface area contributed by atoms with E-state index >= 15 is 0 Å². The molecule has 120 valence electrons. The number of ether oxygens (including phenoxy) is 1. The molecule has 0 aromatic rings. The van der Waals surface area contributed by atoms with Crippen molar-refractivity contribution in [2.75, 3.05) is 12.3 Å². The second-order valence-corrected chi connectivity index (χ2v) is 7.73. The first-order valence-corrected chi connectivity index (χ1v) is 9.03. The van der Waals surface area contributed by atoms with Gasteiger partial charge in [0, 0.05) is 12.3 Å². The first-order chi connectivity index (χ1) is 10.3. The number of hydrogen-bond acceptors (Lipinski definition) is 4. The van der Waals surface area contributed by atoms with Crippen LogP contribution in [0.4, 0.5) is 0 Å². The molecule has 2 heterocycles. The maximum absolute atomic E-state index is 12.6. The molecule has 0 amide bonds. The maximum Gasteiger partial charge on any atom is 0.310 e. The van der Waals surface area contributed by atoms with Crippen LogP contribution in [0.25, 0.3) is 0 Å². The fourth-order valence-electron chi connectivity index (χ4n) is 4.15. The van der Waals surface area contributed by atoms with E-state index in [0.29, 0.717) is 5.92 Å². The Morgan fingerprint density at radius 3 is 2.91 bits per heavy atom. The van der Waals surface area contributed by atoms with Crippen LogP contribution in [0.3, 0.4) is 0 Å². The lowest BCUT2D eigenvalue weighted by molar-refractivity contribution is -0.154. The highest BCUT2D eigenvalue weighted by Crippen LogP contribution is 2.53. The van der Waals surface area contributed by atoms with E-state index in [1.807, 2.05) is 11.8 Å². The largest absolute Gasteiger partial charge is 0.462 e. The monoisotopic (exact) mass is 339 g/mol. The van der Waals surface area contributed by atoms with Gasteiger partial charge in [0.1, 0.15) is 6.10 Å². The highest BCUT2D eigenvalue weighted by atomic mass is 35.5. The van der Waals surface area contributed by atoms with Gasteiger partial charge in [-0.3, -0.25) is 9.79 Å². The molecule has 2 aliphatic carbocycles. The van der Waals surface area contributed by atoms with Gasteiger partial charge in [0.2, 0.25) is 0 Å². The number of nitrogens with zero attached hydrogens (tertiary/aromatic N) is 1. The molecule has 5 heteroatoms. The number of rotatable bonds is 2. The van der Waals surface area contributed by atoms with Crippen LogP contribution >= 0.6 is 24.2 Å². The van der Waals surface area contributed by atoms with Crippen molar-refractivity contribution in [1.82, 2.24) is 0 Å². The first-order valence-electron chi connectivity index (χ1n) is 8.05. The molecule has 1 saturated heterocycles. The van der Waals surface area contributed by atoms with E-state index in [1.54, 1.807) is 0 Å². The standard InChI is InChI=1S/C17H21NO2S.ClH/c19-16(20-12-5-1-2-6-12)13-11-21-17-9-4-3-7-15(17)18-10-8-14(13)17;/h3-4,7,9,12-14H,1-2,5-6,8,10-11H2;1H. The predicted molar refractivity (Wildman–Crippen MR) is 93.0 cm³/mol. The van der Waals surface area contributed by atoms with Crippen molar-refractivity contribution in [3.8, 4) is 0 Å². The van der Waals surface area contributed by atoms with E-state index in [4.69, 9.17) is 4.74 Å². The maximum atomic E-state index is 12.6. The third-order valence-corrected chi connectivity index (χ3v) is 6.91. The molecule has 22 heavy (non-hydrogen) atoms. The SMILES string of the molecule is Cl.O=C(OC1CCCC1)C1CSC23C=CC=CC2=NCCC13. The van der Waals surface area contributed by atoms with Gasteiger partial charge in [-0.25, -0.2) is 0 Å². The van der Waals surface area contributed by atoms with Crippen molar-refractivity contribution in [3.05, 3.63) is 24.3 Å². The summed E-state index contributed by atoms with van der Waals surface area (Å²) in [7, 11) is 0. The molecule has 0 aromatic heterocycles. The highest BCUT2D eigenvalue weighted by Gasteiger charge is 2.54. The van der Waals surface area contributed by atoms with Gasteiger partial charge in [-0.05, 0) is 44.1 Å². The molecule has 3 atom stereocenters. The van der Waals surface area contributed by atoms with Crippen LogP contribution in [0.5, 0.6) is 0 Å². The molecule has 1 spiro atoms. The molecule has 4 rings (SSSR count). The summed E-state index contributed by atoms with van der Waals surface area (Å²) in [6, 6.07) is 0. The van der Waals surface area contributed by atoms with Gasteiger partial charge < -0.3 is 4.74 Å². The number of aliphatic imine (C=N–C) groups is 1. The molecule has 0 radical (unpaired) electrons. The number of esters is 1. The number of hydrogen-bond donors (Lipinski definition) is 0. The molecular weight excluding hydrogens is 318 g/mol. The van der Waals surface area contributed by atoms with E-state index in [2.05, 4.69) is 29.3 Å². The van der Waals surface area contributed by atoms with Crippen molar-refractivity contribution in [3.63, 3.8) is 0 Å². The Bertz CT molecular complexity index is 539. The summed E-state index contributed by atoms with van der Waals surface area (Å²) in [4.78, 5) is 17.3. The van der Waals surface area contributed by atoms with Gasteiger partial charge in [-0.1, -0.05) is 18.2 Å². The Labute approximate surface area is 142 Å². The zero-order valence-corrected chi connectivity index (χ0v) is 14.2. The van der Waals surface area contributed by atoms with E-state index in [9.17, 15) is 4.79 Å². The normalized spacial score (nSPS) is 36.3. The van der Waals surface area contributed by atoms with Gasteiger partial charge in [-0.2, -0.15) is 0 Å². The zero-order chi connectivity index (χ0) is 14.3.